The van der Waals surface area contributed by atoms with Gasteiger partial charge in [0.05, 0.1) is 63.1 Å². The molecule has 3 fully saturated rings. The van der Waals surface area contributed by atoms with Crippen LogP contribution in [0.4, 0.5) is 9.59 Å². The monoisotopic (exact) mass is 813 g/mol. The number of hydrogen-bond acceptors (Lipinski definition) is 8. The molecule has 1 spiro atoms. The van der Waals surface area contributed by atoms with Gasteiger partial charge in [0.2, 0.25) is 17.9 Å². The van der Waals surface area contributed by atoms with Crippen molar-refractivity contribution in [1.29, 1.82) is 0 Å². The van der Waals surface area contributed by atoms with E-state index in [0.717, 1.165) is 58.7 Å². The first-order chi connectivity index (χ1) is 28.8. The second-order valence-electron chi connectivity index (χ2n) is 16.7. The molecule has 4 aromatic rings. The van der Waals surface area contributed by atoms with Crippen LogP contribution in [0.2, 0.25) is 0 Å². The third-order valence-corrected chi connectivity index (χ3v) is 11.8. The lowest BCUT2D eigenvalue weighted by atomic mass is 10.0. The molecule has 4 heterocycles. The number of nitrogens with one attached hydrogen (secondary N) is 4. The quantitative estimate of drug-likeness (QED) is 0.107. The van der Waals surface area contributed by atoms with Gasteiger partial charge in [-0.2, -0.15) is 0 Å². The zero-order valence-electron chi connectivity index (χ0n) is 34.7. The van der Waals surface area contributed by atoms with Crippen LogP contribution >= 0.6 is 0 Å². The van der Waals surface area contributed by atoms with Gasteiger partial charge in [0.1, 0.15) is 23.7 Å². The Kier molecular flexibility index (Phi) is 12.0. The number of aromatic amines is 2. The number of rotatable bonds is 10. The largest absolute Gasteiger partial charge is 0.453 e. The standard InChI is InChI=1S/C45H51N9O6/c1-26(2)37(51-43(57)59-6)41(55)53-24-32(46-5)20-35(53)39-47-22-33(49-39)30-14-10-28(11-15-30)8-9-29-12-16-31(17-13-29)34-23-48-40(50-34)36-21-45(18-19-45)25-54(36)42(56)38(27(3)4)52-44(58)60-7/h10-17,22-23,26-27,32,35-38H,18-21,24-25H2,1-4,6-7H3,(H,47,49)(H,48,50)(H,51,57)(H,52,58)/t32-,35-,36-,37-,38-/m0/s1. The van der Waals surface area contributed by atoms with Gasteiger partial charge >= 0.3 is 12.2 Å². The van der Waals surface area contributed by atoms with Crippen LogP contribution < -0.4 is 10.6 Å². The second-order valence-corrected chi connectivity index (χ2v) is 16.7. The third kappa shape index (κ3) is 8.86. The minimum absolute atomic E-state index is 0.110. The van der Waals surface area contributed by atoms with Crippen molar-refractivity contribution >= 4 is 24.0 Å². The average Bonchev–Trinajstić information content (AvgIpc) is 3.75. The Labute approximate surface area is 349 Å². The van der Waals surface area contributed by atoms with Crippen LogP contribution in [0.25, 0.3) is 27.4 Å². The number of nitrogens with zero attached hydrogens (tertiary/aromatic N) is 5. The zero-order valence-corrected chi connectivity index (χ0v) is 34.7. The van der Waals surface area contributed by atoms with Crippen LogP contribution in [0.5, 0.6) is 0 Å². The van der Waals surface area contributed by atoms with Gasteiger partial charge in [0.25, 0.3) is 0 Å². The van der Waals surface area contributed by atoms with Gasteiger partial charge in [-0.15, -0.1) is 0 Å². The molecule has 2 saturated heterocycles. The Balaban J connectivity index is 1.00. The number of carbonyl (C=O) groups is 4. The Bertz CT molecular complexity index is 2330. The number of alkyl carbamates (subject to hydrolysis) is 2. The van der Waals surface area contributed by atoms with Crippen molar-refractivity contribution in [2.75, 3.05) is 27.3 Å². The van der Waals surface area contributed by atoms with Gasteiger partial charge < -0.3 is 44.7 Å². The second kappa shape index (κ2) is 17.3. The number of likely N-dealkylation sites (tertiary alicyclic amines) is 2. The zero-order chi connectivity index (χ0) is 42.7. The van der Waals surface area contributed by atoms with E-state index in [2.05, 4.69) is 42.3 Å². The molecule has 1 saturated carbocycles. The number of H-pyrrole nitrogens is 2. The molecule has 3 aliphatic rings. The summed E-state index contributed by atoms with van der Waals surface area (Å²) in [7, 11) is 2.55. The van der Waals surface area contributed by atoms with E-state index >= 15 is 0 Å². The molecule has 7 rings (SSSR count). The predicted octanol–water partition coefficient (Wildman–Crippen LogP) is 6.24. The summed E-state index contributed by atoms with van der Waals surface area (Å²) in [6, 6.07) is 13.2. The fourth-order valence-corrected chi connectivity index (χ4v) is 8.15. The van der Waals surface area contributed by atoms with Gasteiger partial charge in [-0.3, -0.25) is 9.59 Å². The maximum absolute atomic E-state index is 13.8. The molecule has 5 atom stereocenters. The Morgan fingerprint density at radius 1 is 0.767 bits per heavy atom. The lowest BCUT2D eigenvalue weighted by Gasteiger charge is -2.30. The summed E-state index contributed by atoms with van der Waals surface area (Å²) in [5.74, 6) is 7.08. The van der Waals surface area contributed by atoms with Gasteiger partial charge in [0, 0.05) is 17.7 Å². The maximum atomic E-state index is 13.8. The Hall–Kier alpha value is -6.61. The van der Waals surface area contributed by atoms with E-state index in [4.69, 9.17) is 21.0 Å². The first-order valence-corrected chi connectivity index (χ1v) is 20.3. The fourth-order valence-electron chi connectivity index (χ4n) is 8.15. The SMILES string of the molecule is [C-]#[N+][C@H]1C[C@@H](c2ncc(-c3ccc(C#Cc4ccc(-c5cnc([C@@H]6CC7(CC7)CN6C(=O)[C@@H](NC(=O)OC)C(C)C)[nH]5)cc4)cc3)[nH]2)N(C(=O)[C@@H](NC(=O)OC)C(C)C)C1. The molecule has 2 aliphatic heterocycles. The highest BCUT2D eigenvalue weighted by atomic mass is 16.5. The topological polar surface area (TPSA) is 179 Å². The molecule has 2 aromatic carbocycles. The van der Waals surface area contributed by atoms with Crippen LogP contribution in [-0.4, -0.2) is 99.2 Å². The highest BCUT2D eigenvalue weighted by Gasteiger charge is 2.55. The molecule has 60 heavy (non-hydrogen) atoms. The van der Waals surface area contributed by atoms with Crippen molar-refractivity contribution in [1.82, 2.24) is 40.4 Å². The number of amides is 4. The van der Waals surface area contributed by atoms with Crippen molar-refractivity contribution in [2.45, 2.75) is 83.6 Å². The molecule has 4 N–H and O–H groups in total. The van der Waals surface area contributed by atoms with E-state index in [1.165, 1.54) is 14.2 Å². The molecule has 0 unspecified atom stereocenters. The minimum atomic E-state index is -0.804. The summed E-state index contributed by atoms with van der Waals surface area (Å²) in [6.07, 6.45) is 5.63. The number of benzene rings is 2. The lowest BCUT2D eigenvalue weighted by molar-refractivity contribution is -0.136. The fraction of sp³-hybridized carbons (Fsp3) is 0.444. The minimum Gasteiger partial charge on any atom is -0.453 e. The van der Waals surface area contributed by atoms with E-state index in [9.17, 15) is 19.2 Å². The first-order valence-electron chi connectivity index (χ1n) is 20.3. The van der Waals surface area contributed by atoms with Crippen molar-refractivity contribution < 1.29 is 28.7 Å². The number of ether oxygens (including phenoxy) is 2. The molecule has 0 bridgehead atoms. The van der Waals surface area contributed by atoms with Crippen molar-refractivity contribution in [3.63, 3.8) is 0 Å². The molecule has 15 heteroatoms. The highest BCUT2D eigenvalue weighted by Crippen LogP contribution is 2.58. The summed E-state index contributed by atoms with van der Waals surface area (Å²) >= 11 is 0. The number of imidazole rings is 2. The van der Waals surface area contributed by atoms with Crippen molar-refractivity contribution in [3.05, 3.63) is 95.1 Å². The summed E-state index contributed by atoms with van der Waals surface area (Å²) < 4.78 is 9.54. The molecule has 15 nitrogen and oxygen atoms in total. The number of hydrogen-bond donors (Lipinski definition) is 4. The molecule has 312 valence electrons. The summed E-state index contributed by atoms with van der Waals surface area (Å²) in [4.78, 5) is 75.0. The summed E-state index contributed by atoms with van der Waals surface area (Å²) in [5, 5.41) is 5.37. The van der Waals surface area contributed by atoms with Gasteiger partial charge in [-0.1, -0.05) is 63.8 Å². The summed E-state index contributed by atoms with van der Waals surface area (Å²) in [5.41, 5.74) is 5.23. The van der Waals surface area contributed by atoms with E-state index in [-0.39, 0.29) is 47.7 Å². The molecule has 1 aliphatic carbocycles. The van der Waals surface area contributed by atoms with Gasteiger partial charge in [-0.05, 0) is 71.9 Å². The Morgan fingerprint density at radius 2 is 1.23 bits per heavy atom. The molecular formula is C45H51N9O6. The average molecular weight is 814 g/mol. The van der Waals surface area contributed by atoms with Gasteiger partial charge in [0.15, 0.2) is 0 Å². The highest BCUT2D eigenvalue weighted by molar-refractivity contribution is 5.87. The summed E-state index contributed by atoms with van der Waals surface area (Å²) in [6.45, 7) is 16.0. The number of aromatic nitrogens is 4. The molecule has 4 amide bonds. The molecular weight excluding hydrogens is 763 g/mol. The maximum Gasteiger partial charge on any atom is 0.407 e. The van der Waals surface area contributed by atoms with Crippen LogP contribution in [0.15, 0.2) is 60.9 Å². The number of methoxy groups -OCH3 is 2. The number of carbonyl (C=O) groups excluding carboxylic acids is 4. The molecule has 2 aromatic heterocycles. The van der Waals surface area contributed by atoms with E-state index in [1.54, 1.807) is 17.3 Å². The van der Waals surface area contributed by atoms with Crippen molar-refractivity contribution in [2.24, 2.45) is 17.3 Å². The van der Waals surface area contributed by atoms with Crippen LogP contribution in [0.3, 0.4) is 0 Å². The smallest absolute Gasteiger partial charge is 0.407 e. The van der Waals surface area contributed by atoms with Crippen molar-refractivity contribution in [3.8, 4) is 34.4 Å². The van der Waals surface area contributed by atoms with Crippen LogP contribution in [-0.2, 0) is 19.1 Å². The van der Waals surface area contributed by atoms with E-state index in [1.807, 2.05) is 81.1 Å². The first kappa shape index (κ1) is 41.5. The Morgan fingerprint density at radius 3 is 1.67 bits per heavy atom. The van der Waals surface area contributed by atoms with E-state index < -0.39 is 30.3 Å². The predicted molar refractivity (Wildman–Crippen MR) is 223 cm³/mol. The van der Waals surface area contributed by atoms with Gasteiger partial charge in [-0.25, -0.2) is 26.1 Å². The van der Waals surface area contributed by atoms with Crippen LogP contribution in [0, 0.1) is 35.7 Å². The molecule has 0 radical (unpaired) electrons. The van der Waals surface area contributed by atoms with Crippen LogP contribution in [0.1, 0.15) is 88.2 Å². The normalized spacial score (nSPS) is 19.9. The lowest BCUT2D eigenvalue weighted by Crippen LogP contribution is -2.51. The van der Waals surface area contributed by atoms with E-state index in [0.29, 0.717) is 18.8 Å². The third-order valence-electron chi connectivity index (χ3n) is 11.8.